The van der Waals surface area contributed by atoms with Gasteiger partial charge in [-0.3, -0.25) is 9.55 Å². The molecule has 2 aromatic heterocycles. The molecule has 0 aliphatic heterocycles. The first-order valence-corrected chi connectivity index (χ1v) is 8.35. The molecule has 136 valence electrons. The zero-order chi connectivity index (χ0) is 19.1. The Morgan fingerprint density at radius 3 is 2.59 bits per heavy atom. The molecule has 0 radical (unpaired) electrons. The van der Waals surface area contributed by atoms with Crippen molar-refractivity contribution in [3.05, 3.63) is 74.9 Å². The largest absolute Gasteiger partial charge is 0.361 e. The van der Waals surface area contributed by atoms with Crippen LogP contribution in [0.25, 0.3) is 22.2 Å². The van der Waals surface area contributed by atoms with Crippen LogP contribution in [-0.4, -0.2) is 24.8 Å². The Hall–Kier alpha value is -3.68. The van der Waals surface area contributed by atoms with E-state index in [1.807, 2.05) is 30.3 Å². The van der Waals surface area contributed by atoms with E-state index < -0.39 is 0 Å². The van der Waals surface area contributed by atoms with Gasteiger partial charge in [0.15, 0.2) is 0 Å². The molecule has 2 aromatic carbocycles. The molecule has 4 rings (SSSR count). The minimum Gasteiger partial charge on any atom is -0.361 e. The van der Waals surface area contributed by atoms with Crippen LogP contribution in [-0.2, 0) is 6.54 Å². The molecule has 0 amide bonds. The van der Waals surface area contributed by atoms with Crippen LogP contribution >= 0.6 is 0 Å². The molecule has 2 N–H and O–H groups in total. The van der Waals surface area contributed by atoms with Gasteiger partial charge < -0.3 is 4.52 Å². The van der Waals surface area contributed by atoms with Gasteiger partial charge in [-0.2, -0.15) is 0 Å². The molecular weight excluding hydrogens is 348 g/mol. The van der Waals surface area contributed by atoms with Gasteiger partial charge in [0, 0.05) is 11.6 Å². The van der Waals surface area contributed by atoms with E-state index in [1.54, 1.807) is 19.9 Å². The topological polar surface area (TPSA) is 104 Å². The van der Waals surface area contributed by atoms with Crippen LogP contribution in [0.1, 0.15) is 17.0 Å². The van der Waals surface area contributed by atoms with Crippen LogP contribution in [0.4, 0.5) is 5.69 Å². The van der Waals surface area contributed by atoms with E-state index in [9.17, 15) is 14.9 Å². The molecule has 2 heterocycles. The van der Waals surface area contributed by atoms with E-state index in [0.717, 1.165) is 11.1 Å². The maximum Gasteiger partial charge on any atom is 0.342 e. The van der Waals surface area contributed by atoms with Crippen molar-refractivity contribution < 1.29 is 14.7 Å². The first-order valence-electron chi connectivity index (χ1n) is 8.35. The van der Waals surface area contributed by atoms with Crippen LogP contribution in [0.2, 0.25) is 0 Å². The number of rotatable bonds is 4. The molecule has 0 aliphatic carbocycles. The first-order chi connectivity index (χ1) is 13.0. The number of aryl methyl sites for hydroxylation is 2. The Labute approximate surface area is 153 Å². The van der Waals surface area contributed by atoms with Gasteiger partial charge in [0.2, 0.25) is 0 Å². The Bertz CT molecular complexity index is 1200. The third kappa shape index (κ3) is 2.80. The lowest BCUT2D eigenvalue weighted by molar-refractivity contribution is -0.728. The van der Waals surface area contributed by atoms with Crippen molar-refractivity contribution in [2.75, 3.05) is 0 Å². The summed E-state index contributed by atoms with van der Waals surface area (Å²) in [6.07, 6.45) is 0. The van der Waals surface area contributed by atoms with E-state index in [2.05, 4.69) is 10.1 Å². The highest BCUT2D eigenvalue weighted by atomic mass is 16.6. The smallest absolute Gasteiger partial charge is 0.342 e. The van der Waals surface area contributed by atoms with Crippen LogP contribution in [0, 0.1) is 18.8 Å². The molecule has 0 saturated heterocycles. The van der Waals surface area contributed by atoms with Gasteiger partial charge >= 0.3 is 11.4 Å². The fourth-order valence-corrected chi connectivity index (χ4v) is 3.35. The fraction of sp³-hybridized carbons (Fsp3) is 0.158. The standard InChI is InChI=1S/C19H16N4O4/c1-11-17(12(2)27-21-11)14-8-15-18(16(9-14)23(25)26)20-19(24)22(15)10-13-6-4-3-5-7-13/h3-9H,10H2,1-2H3,(H-,20,24,25,26)/p+1. The van der Waals surface area contributed by atoms with Gasteiger partial charge in [-0.1, -0.05) is 35.5 Å². The molecule has 4 aromatic rings. The molecular formula is C19H17N4O4+. The molecule has 0 saturated carbocycles. The lowest BCUT2D eigenvalue weighted by atomic mass is 10.0. The molecule has 0 spiro atoms. The van der Waals surface area contributed by atoms with Crippen LogP contribution in [0.3, 0.4) is 0 Å². The van der Waals surface area contributed by atoms with E-state index >= 15 is 0 Å². The van der Waals surface area contributed by atoms with Crippen molar-refractivity contribution in [1.29, 1.82) is 0 Å². The highest BCUT2D eigenvalue weighted by molar-refractivity contribution is 5.90. The number of nitrogens with zero attached hydrogens (tertiary/aromatic N) is 3. The maximum atomic E-state index is 12.5. The molecule has 8 heteroatoms. The fourth-order valence-electron chi connectivity index (χ4n) is 3.35. The summed E-state index contributed by atoms with van der Waals surface area (Å²) in [6.45, 7) is 3.88. The number of nitrogens with one attached hydrogen (secondary N) is 1. The second-order valence-electron chi connectivity index (χ2n) is 6.36. The van der Waals surface area contributed by atoms with Crippen molar-refractivity contribution in [3.8, 4) is 11.1 Å². The Kier molecular flexibility index (Phi) is 3.88. The van der Waals surface area contributed by atoms with Crippen molar-refractivity contribution in [2.45, 2.75) is 20.4 Å². The summed E-state index contributed by atoms with van der Waals surface area (Å²) >= 11 is 0. The highest BCUT2D eigenvalue weighted by Crippen LogP contribution is 2.34. The summed E-state index contributed by atoms with van der Waals surface area (Å²) in [4.78, 5) is 26.7. The van der Waals surface area contributed by atoms with Gasteiger partial charge in [0.05, 0.1) is 22.7 Å². The zero-order valence-electron chi connectivity index (χ0n) is 14.8. The average molecular weight is 365 g/mol. The Balaban J connectivity index is 1.99. The SMILES string of the molecule is Cc1noc(C)c1-c1cc([N+](=O)O)c2[nH]c(=O)n(Cc3ccccc3)c2c1. The van der Waals surface area contributed by atoms with Crippen LogP contribution < -0.4 is 5.69 Å². The Morgan fingerprint density at radius 1 is 1.22 bits per heavy atom. The normalized spacial score (nSPS) is 11.2. The minimum absolute atomic E-state index is 0.0496. The van der Waals surface area contributed by atoms with E-state index in [-0.39, 0.29) is 21.8 Å². The number of imidazole rings is 1. The second-order valence-corrected chi connectivity index (χ2v) is 6.36. The van der Waals surface area contributed by atoms with Gasteiger partial charge in [-0.25, -0.2) is 10.0 Å². The van der Waals surface area contributed by atoms with E-state index in [0.29, 0.717) is 29.1 Å². The summed E-state index contributed by atoms with van der Waals surface area (Å²) in [5.41, 5.74) is 3.30. The van der Waals surface area contributed by atoms with Crippen LogP contribution in [0.5, 0.6) is 0 Å². The van der Waals surface area contributed by atoms with Crippen molar-refractivity contribution >= 4 is 16.7 Å². The number of aromatic amines is 1. The lowest BCUT2D eigenvalue weighted by Crippen LogP contribution is -2.17. The molecule has 0 unspecified atom stereocenters. The number of aromatic nitrogens is 3. The molecule has 0 atom stereocenters. The minimum atomic E-state index is -0.368. The third-order valence-electron chi connectivity index (χ3n) is 4.58. The number of fused-ring (bicyclic) bond motifs is 1. The van der Waals surface area contributed by atoms with Crippen molar-refractivity contribution in [1.82, 2.24) is 14.7 Å². The summed E-state index contributed by atoms with van der Waals surface area (Å²) in [5.74, 6) is 0.584. The molecule has 8 nitrogen and oxygen atoms in total. The van der Waals surface area contributed by atoms with E-state index in [1.165, 1.54) is 10.6 Å². The average Bonchev–Trinajstić information content (AvgIpc) is 3.14. The third-order valence-corrected chi connectivity index (χ3v) is 4.58. The summed E-state index contributed by atoms with van der Waals surface area (Å²) in [7, 11) is 0. The summed E-state index contributed by atoms with van der Waals surface area (Å²) in [5, 5.41) is 13.5. The zero-order valence-corrected chi connectivity index (χ0v) is 14.8. The number of hydrogen-bond donors (Lipinski definition) is 2. The molecule has 0 fully saturated rings. The van der Waals surface area contributed by atoms with Crippen LogP contribution in [0.15, 0.2) is 51.8 Å². The quantitative estimate of drug-likeness (QED) is 0.539. The van der Waals surface area contributed by atoms with Gasteiger partial charge in [-0.15, -0.1) is 0 Å². The van der Waals surface area contributed by atoms with Gasteiger partial charge in [-0.05, 0) is 31.0 Å². The van der Waals surface area contributed by atoms with E-state index in [4.69, 9.17) is 4.52 Å². The lowest BCUT2D eigenvalue weighted by Gasteiger charge is -2.05. The predicted molar refractivity (Wildman–Crippen MR) is 98.1 cm³/mol. The molecule has 27 heavy (non-hydrogen) atoms. The Morgan fingerprint density at radius 2 is 1.96 bits per heavy atom. The first kappa shape index (κ1) is 16.8. The monoisotopic (exact) mass is 365 g/mol. The summed E-state index contributed by atoms with van der Waals surface area (Å²) in [6, 6.07) is 12.8. The maximum absolute atomic E-state index is 12.5. The molecule has 0 aliphatic rings. The number of hydrogen-bond acceptors (Lipinski definition) is 4. The highest BCUT2D eigenvalue weighted by Gasteiger charge is 2.25. The number of benzene rings is 2. The van der Waals surface area contributed by atoms with Gasteiger partial charge in [0.1, 0.15) is 11.3 Å². The molecule has 0 bridgehead atoms. The predicted octanol–water partition coefficient (Wildman–Crippen LogP) is 3.45. The number of H-pyrrole nitrogens is 1. The second kappa shape index (κ2) is 6.24. The van der Waals surface area contributed by atoms with Crippen molar-refractivity contribution in [3.63, 3.8) is 0 Å². The van der Waals surface area contributed by atoms with Gasteiger partial charge in [0.25, 0.3) is 4.92 Å². The summed E-state index contributed by atoms with van der Waals surface area (Å²) < 4.78 is 6.74. The van der Waals surface area contributed by atoms with Crippen molar-refractivity contribution in [2.24, 2.45) is 0 Å².